The van der Waals surface area contributed by atoms with Crippen molar-refractivity contribution in [2.45, 2.75) is 25.7 Å². The molecule has 16 heavy (non-hydrogen) atoms. The lowest BCUT2D eigenvalue weighted by atomic mass is 9.44. The standard InChI is InChI=1S/C12H16O4/c13-11(14)9-7-3-4-8(10(9)12(15)16)6-2-1-5(6)7/h5-10H,1-4H2,(H,13,14)(H,15,16)/t5-,6-,7+,8+,9-,10-/m1/s1. The van der Waals surface area contributed by atoms with Gasteiger partial charge in [0.2, 0.25) is 0 Å². The van der Waals surface area contributed by atoms with Gasteiger partial charge in [0.05, 0.1) is 11.8 Å². The number of carboxylic acid groups (broad SMARTS) is 2. The molecular formula is C12H16O4. The molecule has 4 aliphatic rings. The van der Waals surface area contributed by atoms with Crippen molar-refractivity contribution in [1.82, 2.24) is 0 Å². The lowest BCUT2D eigenvalue weighted by molar-refractivity contribution is -0.185. The van der Waals surface area contributed by atoms with Crippen molar-refractivity contribution >= 4 is 11.9 Å². The van der Waals surface area contributed by atoms with Crippen molar-refractivity contribution in [2.24, 2.45) is 35.5 Å². The first-order valence-corrected chi connectivity index (χ1v) is 6.07. The Kier molecular flexibility index (Phi) is 2.03. The lowest BCUT2D eigenvalue weighted by Crippen LogP contribution is -2.58. The highest BCUT2D eigenvalue weighted by Gasteiger charge is 2.61. The van der Waals surface area contributed by atoms with E-state index in [2.05, 4.69) is 0 Å². The molecule has 0 heterocycles. The molecule has 4 saturated carbocycles. The largest absolute Gasteiger partial charge is 0.481 e. The van der Waals surface area contributed by atoms with Crippen molar-refractivity contribution in [3.8, 4) is 0 Å². The first kappa shape index (κ1) is 10.1. The first-order chi connectivity index (χ1) is 7.61. The Hall–Kier alpha value is -1.06. The van der Waals surface area contributed by atoms with Crippen LogP contribution in [0, 0.1) is 35.5 Å². The smallest absolute Gasteiger partial charge is 0.307 e. The zero-order valence-corrected chi connectivity index (χ0v) is 9.00. The van der Waals surface area contributed by atoms with Crippen molar-refractivity contribution in [3.05, 3.63) is 0 Å². The zero-order valence-electron chi connectivity index (χ0n) is 9.00. The Labute approximate surface area is 93.6 Å². The van der Waals surface area contributed by atoms with Gasteiger partial charge < -0.3 is 10.2 Å². The van der Waals surface area contributed by atoms with Crippen LogP contribution in [0.5, 0.6) is 0 Å². The summed E-state index contributed by atoms with van der Waals surface area (Å²) < 4.78 is 0. The fourth-order valence-corrected chi connectivity index (χ4v) is 4.53. The van der Waals surface area contributed by atoms with E-state index in [4.69, 9.17) is 0 Å². The summed E-state index contributed by atoms with van der Waals surface area (Å²) in [6.07, 6.45) is 4.07. The molecule has 0 saturated heterocycles. The number of rotatable bonds is 2. The van der Waals surface area contributed by atoms with Crippen LogP contribution in [-0.4, -0.2) is 22.2 Å². The zero-order chi connectivity index (χ0) is 11.4. The summed E-state index contributed by atoms with van der Waals surface area (Å²) in [4.78, 5) is 22.5. The Morgan fingerprint density at radius 2 is 1.00 bits per heavy atom. The van der Waals surface area contributed by atoms with Gasteiger partial charge in [0.1, 0.15) is 0 Å². The van der Waals surface area contributed by atoms with Crippen molar-refractivity contribution in [1.29, 1.82) is 0 Å². The summed E-state index contributed by atoms with van der Waals surface area (Å²) in [6, 6.07) is 0. The molecule has 0 amide bonds. The second-order valence-electron chi connectivity index (χ2n) is 5.54. The quantitative estimate of drug-likeness (QED) is 0.744. The van der Waals surface area contributed by atoms with Gasteiger partial charge in [-0.05, 0) is 49.4 Å². The summed E-state index contributed by atoms with van der Waals surface area (Å²) in [5, 5.41) is 18.5. The predicted molar refractivity (Wildman–Crippen MR) is 54.7 cm³/mol. The number of hydrogen-bond donors (Lipinski definition) is 2. The molecule has 0 aromatic carbocycles. The van der Waals surface area contributed by atoms with Gasteiger partial charge in [0.25, 0.3) is 0 Å². The fraction of sp³-hybridized carbons (Fsp3) is 0.833. The number of carbonyl (C=O) groups is 2. The minimum absolute atomic E-state index is 0.127. The third kappa shape index (κ3) is 1.10. The maximum atomic E-state index is 11.3. The van der Waals surface area contributed by atoms with Crippen molar-refractivity contribution in [3.63, 3.8) is 0 Å². The monoisotopic (exact) mass is 224 g/mol. The van der Waals surface area contributed by atoms with E-state index in [9.17, 15) is 19.8 Å². The number of hydrogen-bond acceptors (Lipinski definition) is 2. The van der Waals surface area contributed by atoms with Gasteiger partial charge in [-0.15, -0.1) is 0 Å². The summed E-state index contributed by atoms with van der Waals surface area (Å²) in [5.74, 6) is -1.77. The van der Waals surface area contributed by atoms with E-state index in [1.54, 1.807) is 0 Å². The molecule has 0 aromatic rings. The van der Waals surface area contributed by atoms with Gasteiger partial charge in [0.15, 0.2) is 0 Å². The van der Waals surface area contributed by atoms with E-state index < -0.39 is 23.8 Å². The molecule has 4 aliphatic carbocycles. The third-order valence-electron chi connectivity index (χ3n) is 5.20. The van der Waals surface area contributed by atoms with Gasteiger partial charge in [-0.3, -0.25) is 9.59 Å². The average Bonchev–Trinajstić information content (AvgIpc) is 2.15. The number of aliphatic carboxylic acids is 2. The van der Waals surface area contributed by atoms with E-state index in [0.29, 0.717) is 11.8 Å². The van der Waals surface area contributed by atoms with Gasteiger partial charge in [0, 0.05) is 0 Å². The highest BCUT2D eigenvalue weighted by atomic mass is 16.4. The molecule has 4 nitrogen and oxygen atoms in total. The van der Waals surface area contributed by atoms with E-state index in [0.717, 1.165) is 25.7 Å². The van der Waals surface area contributed by atoms with Gasteiger partial charge >= 0.3 is 11.9 Å². The van der Waals surface area contributed by atoms with Crippen molar-refractivity contribution < 1.29 is 19.8 Å². The molecule has 88 valence electrons. The van der Waals surface area contributed by atoms with Crippen LogP contribution >= 0.6 is 0 Å². The molecular weight excluding hydrogens is 208 g/mol. The molecule has 0 aliphatic heterocycles. The Morgan fingerprint density at radius 3 is 1.25 bits per heavy atom. The van der Waals surface area contributed by atoms with Crippen LogP contribution in [-0.2, 0) is 9.59 Å². The maximum Gasteiger partial charge on any atom is 0.307 e. The SMILES string of the molecule is O=C(O)[C@@H]1[C@H]2CC[C@@H]([C@@H]3CC[C@H]32)[C@H]1C(=O)O. The van der Waals surface area contributed by atoms with E-state index in [1.165, 1.54) is 0 Å². The Bertz CT molecular complexity index is 317. The second kappa shape index (κ2) is 3.22. The third-order valence-corrected chi connectivity index (χ3v) is 5.20. The maximum absolute atomic E-state index is 11.3. The fourth-order valence-electron chi connectivity index (χ4n) is 4.53. The minimum Gasteiger partial charge on any atom is -0.481 e. The summed E-state index contributed by atoms with van der Waals surface area (Å²) in [5.41, 5.74) is 0. The highest BCUT2D eigenvalue weighted by Crippen LogP contribution is 2.62. The molecule has 2 N–H and O–H groups in total. The van der Waals surface area contributed by atoms with E-state index in [1.807, 2.05) is 0 Å². The predicted octanol–water partition coefficient (Wildman–Crippen LogP) is 1.45. The normalized spacial score (nSPS) is 49.2. The molecule has 0 unspecified atom stereocenters. The van der Waals surface area contributed by atoms with Gasteiger partial charge in [-0.1, -0.05) is 0 Å². The van der Waals surface area contributed by atoms with Crippen LogP contribution in [0.25, 0.3) is 0 Å². The average molecular weight is 224 g/mol. The van der Waals surface area contributed by atoms with Crippen LogP contribution in [0.15, 0.2) is 0 Å². The molecule has 0 spiro atoms. The van der Waals surface area contributed by atoms with Gasteiger partial charge in [-0.2, -0.15) is 0 Å². The van der Waals surface area contributed by atoms with E-state index in [-0.39, 0.29) is 11.8 Å². The van der Waals surface area contributed by atoms with Gasteiger partial charge in [-0.25, -0.2) is 0 Å². The van der Waals surface area contributed by atoms with Crippen LogP contribution in [0.2, 0.25) is 0 Å². The van der Waals surface area contributed by atoms with Crippen LogP contribution < -0.4 is 0 Å². The molecule has 4 rings (SSSR count). The first-order valence-electron chi connectivity index (χ1n) is 6.07. The summed E-state index contributed by atoms with van der Waals surface area (Å²) in [7, 11) is 0. The molecule has 2 bridgehead atoms. The molecule has 6 atom stereocenters. The Balaban J connectivity index is 1.97. The molecule has 0 aromatic heterocycles. The minimum atomic E-state index is -0.896. The summed E-state index contributed by atoms with van der Waals surface area (Å²) in [6.45, 7) is 0. The Morgan fingerprint density at radius 1 is 0.688 bits per heavy atom. The van der Waals surface area contributed by atoms with Crippen LogP contribution in [0.3, 0.4) is 0 Å². The second-order valence-corrected chi connectivity index (χ2v) is 5.54. The molecule has 0 radical (unpaired) electrons. The molecule has 4 fully saturated rings. The lowest BCUT2D eigenvalue weighted by Gasteiger charge is -2.59. The number of fused-ring (bicyclic) bond motifs is 2. The molecule has 4 heteroatoms. The summed E-state index contributed by atoms with van der Waals surface area (Å²) >= 11 is 0. The highest BCUT2D eigenvalue weighted by molar-refractivity contribution is 5.81. The topological polar surface area (TPSA) is 74.6 Å². The van der Waals surface area contributed by atoms with Crippen LogP contribution in [0.1, 0.15) is 25.7 Å². The van der Waals surface area contributed by atoms with Crippen molar-refractivity contribution in [2.75, 3.05) is 0 Å². The van der Waals surface area contributed by atoms with Crippen LogP contribution in [0.4, 0.5) is 0 Å². The number of carboxylic acids is 2. The van der Waals surface area contributed by atoms with E-state index >= 15 is 0 Å².